The van der Waals surface area contributed by atoms with E-state index in [1.54, 1.807) is 11.3 Å². The number of rotatable bonds is 5. The first-order valence-electron chi connectivity index (χ1n) is 7.37. The van der Waals surface area contributed by atoms with Crippen molar-refractivity contribution in [2.24, 2.45) is 0 Å². The van der Waals surface area contributed by atoms with Crippen molar-refractivity contribution in [3.8, 4) is 10.7 Å². The van der Waals surface area contributed by atoms with Crippen molar-refractivity contribution in [1.29, 1.82) is 0 Å². The monoisotopic (exact) mass is 297 g/mol. The fourth-order valence-corrected chi connectivity index (χ4v) is 3.56. The molecular weight excluding hydrogens is 278 g/mol. The zero-order valence-corrected chi connectivity index (χ0v) is 13.2. The van der Waals surface area contributed by atoms with Gasteiger partial charge in [0.05, 0.1) is 5.69 Å². The first-order valence-corrected chi connectivity index (χ1v) is 8.18. The smallest absolute Gasteiger partial charge is 0.143 e. The van der Waals surface area contributed by atoms with Gasteiger partial charge in [0.1, 0.15) is 10.7 Å². The number of nitrogens with zero attached hydrogens (tertiary/aromatic N) is 2. The van der Waals surface area contributed by atoms with E-state index in [4.69, 9.17) is 4.98 Å². The molecule has 1 N–H and O–H groups in total. The molecule has 0 amide bonds. The van der Waals surface area contributed by atoms with Crippen LogP contribution in [0, 0.1) is 0 Å². The molecule has 0 fully saturated rings. The molecule has 0 unspecified atom stereocenters. The molecule has 0 aliphatic carbocycles. The number of pyridine rings is 1. The molecular formula is C17H19N3S. The van der Waals surface area contributed by atoms with E-state index in [9.17, 15) is 0 Å². The maximum absolute atomic E-state index is 4.82. The van der Waals surface area contributed by atoms with Crippen LogP contribution in [-0.2, 0) is 13.0 Å². The van der Waals surface area contributed by atoms with E-state index in [1.807, 2.05) is 12.3 Å². The molecule has 1 aromatic carbocycles. The number of aryl methyl sites for hydroxylation is 1. The molecule has 0 saturated carbocycles. The van der Waals surface area contributed by atoms with Gasteiger partial charge in [0.25, 0.3) is 0 Å². The Labute approximate surface area is 129 Å². The molecule has 21 heavy (non-hydrogen) atoms. The van der Waals surface area contributed by atoms with Crippen LogP contribution in [0.3, 0.4) is 0 Å². The van der Waals surface area contributed by atoms with Gasteiger partial charge in [-0.1, -0.05) is 38.1 Å². The fourth-order valence-electron chi connectivity index (χ4n) is 2.43. The van der Waals surface area contributed by atoms with Crippen molar-refractivity contribution in [3.05, 3.63) is 47.1 Å². The normalized spacial score (nSPS) is 11.1. The van der Waals surface area contributed by atoms with Gasteiger partial charge in [-0.05, 0) is 24.4 Å². The maximum Gasteiger partial charge on any atom is 0.143 e. The van der Waals surface area contributed by atoms with Crippen LogP contribution >= 0.6 is 11.3 Å². The number of nitrogens with one attached hydrogen (secondary N) is 1. The summed E-state index contributed by atoms with van der Waals surface area (Å²) in [5, 5.41) is 6.80. The summed E-state index contributed by atoms with van der Waals surface area (Å²) in [5.41, 5.74) is 2.18. The van der Waals surface area contributed by atoms with E-state index in [0.717, 1.165) is 30.2 Å². The Bertz CT molecular complexity index is 743. The molecule has 0 bridgehead atoms. The molecule has 4 heteroatoms. The van der Waals surface area contributed by atoms with Crippen molar-refractivity contribution in [1.82, 2.24) is 15.3 Å². The second-order valence-electron chi connectivity index (χ2n) is 4.90. The number of aromatic nitrogens is 2. The van der Waals surface area contributed by atoms with Crippen molar-refractivity contribution in [3.63, 3.8) is 0 Å². The standard InChI is InChI=1S/C17H19N3S/c1-3-14-15(11-18-4-2)21-17(20-14)16-13-8-6-5-7-12(13)9-10-19-16/h5-10,18H,3-4,11H2,1-2H3. The van der Waals surface area contributed by atoms with Gasteiger partial charge >= 0.3 is 0 Å². The van der Waals surface area contributed by atoms with Crippen molar-refractivity contribution in [2.75, 3.05) is 6.54 Å². The zero-order chi connectivity index (χ0) is 14.7. The van der Waals surface area contributed by atoms with Gasteiger partial charge in [0.15, 0.2) is 0 Å². The summed E-state index contributed by atoms with van der Waals surface area (Å²) in [7, 11) is 0. The first-order chi connectivity index (χ1) is 10.3. The molecule has 0 aliphatic heterocycles. The molecule has 3 aromatic rings. The van der Waals surface area contributed by atoms with Crippen LogP contribution in [0.4, 0.5) is 0 Å². The molecule has 3 rings (SSSR count). The number of benzene rings is 1. The van der Waals surface area contributed by atoms with E-state index >= 15 is 0 Å². The second-order valence-corrected chi connectivity index (χ2v) is 5.99. The largest absolute Gasteiger partial charge is 0.312 e. The van der Waals surface area contributed by atoms with Gasteiger partial charge in [-0.2, -0.15) is 0 Å². The summed E-state index contributed by atoms with van der Waals surface area (Å²) in [6, 6.07) is 10.4. The van der Waals surface area contributed by atoms with Crippen molar-refractivity contribution < 1.29 is 0 Å². The maximum atomic E-state index is 4.82. The highest BCUT2D eigenvalue weighted by atomic mass is 32.1. The molecule has 3 nitrogen and oxygen atoms in total. The average Bonchev–Trinajstić information content (AvgIpc) is 2.95. The van der Waals surface area contributed by atoms with Crippen LogP contribution in [0.1, 0.15) is 24.4 Å². The second kappa shape index (κ2) is 6.33. The van der Waals surface area contributed by atoms with E-state index in [-0.39, 0.29) is 0 Å². The molecule has 0 atom stereocenters. The zero-order valence-electron chi connectivity index (χ0n) is 12.4. The molecule has 0 spiro atoms. The van der Waals surface area contributed by atoms with Gasteiger partial charge in [0.2, 0.25) is 0 Å². The minimum atomic E-state index is 0.891. The lowest BCUT2D eigenvalue weighted by molar-refractivity contribution is 0.727. The summed E-state index contributed by atoms with van der Waals surface area (Å²) in [6.07, 6.45) is 2.83. The summed E-state index contributed by atoms with van der Waals surface area (Å²) in [4.78, 5) is 10.7. The Balaban J connectivity index is 2.08. The summed E-state index contributed by atoms with van der Waals surface area (Å²) in [6.45, 7) is 6.15. The van der Waals surface area contributed by atoms with Crippen LogP contribution in [0.15, 0.2) is 36.5 Å². The predicted octanol–water partition coefficient (Wildman–Crippen LogP) is 4.03. The Kier molecular flexibility index (Phi) is 4.27. The minimum Gasteiger partial charge on any atom is -0.312 e. The lowest BCUT2D eigenvalue weighted by Crippen LogP contribution is -2.11. The van der Waals surface area contributed by atoms with Crippen LogP contribution in [-0.4, -0.2) is 16.5 Å². The Morgan fingerprint density at radius 1 is 1.14 bits per heavy atom. The van der Waals surface area contributed by atoms with Crippen LogP contribution < -0.4 is 5.32 Å². The number of thiazole rings is 1. The highest BCUT2D eigenvalue weighted by Crippen LogP contribution is 2.31. The third kappa shape index (κ3) is 2.82. The van der Waals surface area contributed by atoms with Crippen molar-refractivity contribution in [2.45, 2.75) is 26.8 Å². The van der Waals surface area contributed by atoms with E-state index in [2.05, 4.69) is 48.4 Å². The third-order valence-corrected chi connectivity index (χ3v) is 4.63. The predicted molar refractivity (Wildman–Crippen MR) is 89.6 cm³/mol. The number of fused-ring (bicyclic) bond motifs is 1. The lowest BCUT2D eigenvalue weighted by atomic mass is 10.1. The van der Waals surface area contributed by atoms with Crippen LogP contribution in [0.2, 0.25) is 0 Å². The van der Waals surface area contributed by atoms with Crippen LogP contribution in [0.5, 0.6) is 0 Å². The van der Waals surface area contributed by atoms with E-state index in [0.29, 0.717) is 0 Å². The molecule has 2 aromatic heterocycles. The topological polar surface area (TPSA) is 37.8 Å². The highest BCUT2D eigenvalue weighted by Gasteiger charge is 2.14. The molecule has 0 saturated heterocycles. The quantitative estimate of drug-likeness (QED) is 0.772. The van der Waals surface area contributed by atoms with Gasteiger partial charge in [-0.3, -0.25) is 4.98 Å². The minimum absolute atomic E-state index is 0.891. The molecule has 0 radical (unpaired) electrons. The molecule has 2 heterocycles. The SMILES string of the molecule is CCNCc1sc(-c2nccc3ccccc23)nc1CC. The van der Waals surface area contributed by atoms with Gasteiger partial charge in [-0.15, -0.1) is 11.3 Å². The van der Waals surface area contributed by atoms with E-state index < -0.39 is 0 Å². The van der Waals surface area contributed by atoms with Gasteiger partial charge in [0, 0.05) is 23.0 Å². The average molecular weight is 297 g/mol. The first kappa shape index (κ1) is 14.2. The number of hydrogen-bond acceptors (Lipinski definition) is 4. The summed E-state index contributed by atoms with van der Waals surface area (Å²) >= 11 is 1.76. The highest BCUT2D eigenvalue weighted by molar-refractivity contribution is 7.15. The Morgan fingerprint density at radius 2 is 2.00 bits per heavy atom. The third-order valence-electron chi connectivity index (χ3n) is 3.52. The Hall–Kier alpha value is -1.78. The summed E-state index contributed by atoms with van der Waals surface area (Å²) < 4.78 is 0. The lowest BCUT2D eigenvalue weighted by Gasteiger charge is -2.01. The Morgan fingerprint density at radius 3 is 2.81 bits per heavy atom. The number of hydrogen-bond donors (Lipinski definition) is 1. The van der Waals surface area contributed by atoms with Crippen molar-refractivity contribution >= 4 is 22.1 Å². The fraction of sp³-hybridized carbons (Fsp3) is 0.294. The van der Waals surface area contributed by atoms with E-state index in [1.165, 1.54) is 21.3 Å². The summed E-state index contributed by atoms with van der Waals surface area (Å²) in [5.74, 6) is 0. The van der Waals surface area contributed by atoms with Gasteiger partial charge < -0.3 is 5.32 Å². The molecule has 108 valence electrons. The molecule has 0 aliphatic rings. The van der Waals surface area contributed by atoms with Gasteiger partial charge in [-0.25, -0.2) is 4.98 Å². The van der Waals surface area contributed by atoms with Crippen LogP contribution in [0.25, 0.3) is 21.5 Å².